The molecule has 0 radical (unpaired) electrons. The van der Waals surface area contributed by atoms with Crippen LogP contribution in [0.2, 0.25) is 0 Å². The van der Waals surface area contributed by atoms with E-state index in [4.69, 9.17) is 5.11 Å². The zero-order chi connectivity index (χ0) is 18.1. The summed E-state index contributed by atoms with van der Waals surface area (Å²) in [6.45, 7) is 1.75. The second-order valence-electron chi connectivity index (χ2n) is 5.30. The molecule has 0 heterocycles. The lowest BCUT2D eigenvalue weighted by Crippen LogP contribution is -2.13. The van der Waals surface area contributed by atoms with Crippen molar-refractivity contribution in [3.63, 3.8) is 0 Å². The second kappa shape index (κ2) is 6.32. The van der Waals surface area contributed by atoms with E-state index < -0.39 is 21.7 Å². The maximum atomic E-state index is 12.2. The van der Waals surface area contributed by atoms with Crippen LogP contribution in [0.1, 0.15) is 26.3 Å². The van der Waals surface area contributed by atoms with E-state index in [1.54, 1.807) is 13.0 Å². The predicted octanol–water partition coefficient (Wildman–Crippen LogP) is 2.05. The van der Waals surface area contributed by atoms with Crippen LogP contribution in [0.15, 0.2) is 41.3 Å². The molecule has 2 aromatic rings. The number of sulfone groups is 1. The molecule has 0 saturated heterocycles. The normalized spacial score (nSPS) is 11.1. The van der Waals surface area contributed by atoms with Crippen molar-refractivity contribution in [1.82, 2.24) is 0 Å². The lowest BCUT2D eigenvalue weighted by molar-refractivity contribution is 0.0696. The molecule has 0 aliphatic rings. The standard InChI is InChI=1S/C16H15NO6S/c1-9-3-4-13(14(18)5-9)15(19)17-11-6-10(16(20)21)7-12(8-11)24(2,22)23/h3-8,18H,1-2H3,(H,17,19)(H,20,21). The fourth-order valence-electron chi connectivity index (χ4n) is 2.04. The average molecular weight is 349 g/mol. The van der Waals surface area contributed by atoms with Gasteiger partial charge in [0, 0.05) is 11.9 Å². The minimum absolute atomic E-state index is 0.000278. The Morgan fingerprint density at radius 2 is 1.75 bits per heavy atom. The summed E-state index contributed by atoms with van der Waals surface area (Å²) in [6, 6.07) is 7.76. The van der Waals surface area contributed by atoms with Crippen molar-refractivity contribution in [2.24, 2.45) is 0 Å². The highest BCUT2D eigenvalue weighted by Crippen LogP contribution is 2.23. The summed E-state index contributed by atoms with van der Waals surface area (Å²) in [5.74, 6) is -2.24. The first-order valence-electron chi connectivity index (χ1n) is 6.77. The van der Waals surface area contributed by atoms with E-state index >= 15 is 0 Å². The highest BCUT2D eigenvalue weighted by Gasteiger charge is 2.16. The van der Waals surface area contributed by atoms with Crippen molar-refractivity contribution in [2.45, 2.75) is 11.8 Å². The van der Waals surface area contributed by atoms with Crippen molar-refractivity contribution >= 4 is 27.4 Å². The van der Waals surface area contributed by atoms with Gasteiger partial charge >= 0.3 is 5.97 Å². The summed E-state index contributed by atoms with van der Waals surface area (Å²) >= 11 is 0. The fraction of sp³-hybridized carbons (Fsp3) is 0.125. The Kier molecular flexibility index (Phi) is 4.61. The fourth-order valence-corrected chi connectivity index (χ4v) is 2.72. The number of aryl methyl sites for hydroxylation is 1. The number of aromatic hydroxyl groups is 1. The van der Waals surface area contributed by atoms with Crippen molar-refractivity contribution < 1.29 is 28.2 Å². The van der Waals surface area contributed by atoms with Crippen molar-refractivity contribution in [3.8, 4) is 5.75 Å². The highest BCUT2D eigenvalue weighted by atomic mass is 32.2. The Morgan fingerprint density at radius 3 is 2.29 bits per heavy atom. The average Bonchev–Trinajstić information content (AvgIpc) is 2.45. The number of hydrogen-bond acceptors (Lipinski definition) is 5. The largest absolute Gasteiger partial charge is 0.507 e. The van der Waals surface area contributed by atoms with Gasteiger partial charge in [-0.15, -0.1) is 0 Å². The first kappa shape index (κ1) is 17.5. The van der Waals surface area contributed by atoms with Crippen molar-refractivity contribution in [3.05, 3.63) is 53.1 Å². The van der Waals surface area contributed by atoms with Gasteiger partial charge in [-0.1, -0.05) is 6.07 Å². The minimum atomic E-state index is -3.66. The number of carboxylic acid groups (broad SMARTS) is 1. The monoisotopic (exact) mass is 349 g/mol. The van der Waals surface area contributed by atoms with Crippen molar-refractivity contribution in [1.29, 1.82) is 0 Å². The topological polar surface area (TPSA) is 121 Å². The SMILES string of the molecule is Cc1ccc(C(=O)Nc2cc(C(=O)O)cc(S(C)(=O)=O)c2)c(O)c1. The molecule has 0 atom stereocenters. The Morgan fingerprint density at radius 1 is 1.08 bits per heavy atom. The highest BCUT2D eigenvalue weighted by molar-refractivity contribution is 7.90. The summed E-state index contributed by atoms with van der Waals surface area (Å²) in [5.41, 5.74) is 0.472. The van der Waals surface area contributed by atoms with Crippen molar-refractivity contribution in [2.75, 3.05) is 11.6 Å². The maximum absolute atomic E-state index is 12.2. The zero-order valence-corrected chi connectivity index (χ0v) is 13.7. The molecular weight excluding hydrogens is 334 g/mol. The van der Waals surface area contributed by atoms with Crippen LogP contribution in [0.3, 0.4) is 0 Å². The van der Waals surface area contributed by atoms with Gasteiger partial charge in [-0.05, 0) is 42.8 Å². The Balaban J connectivity index is 2.43. The molecule has 1 amide bonds. The maximum Gasteiger partial charge on any atom is 0.335 e. The summed E-state index contributed by atoms with van der Waals surface area (Å²) in [7, 11) is -3.66. The van der Waals surface area contributed by atoms with E-state index in [2.05, 4.69) is 5.32 Å². The van der Waals surface area contributed by atoms with Crippen LogP contribution in [-0.2, 0) is 9.84 Å². The molecule has 24 heavy (non-hydrogen) atoms. The van der Waals surface area contributed by atoms with E-state index in [0.29, 0.717) is 0 Å². The van der Waals surface area contributed by atoms with Gasteiger partial charge in [-0.3, -0.25) is 4.79 Å². The van der Waals surface area contributed by atoms with E-state index in [1.165, 1.54) is 12.1 Å². The van der Waals surface area contributed by atoms with Crippen LogP contribution in [0.5, 0.6) is 5.75 Å². The number of phenolic OH excluding ortho intramolecular Hbond substituents is 1. The summed E-state index contributed by atoms with van der Waals surface area (Å²) in [6.07, 6.45) is 0.936. The zero-order valence-electron chi connectivity index (χ0n) is 12.9. The number of carbonyl (C=O) groups is 2. The van der Waals surface area contributed by atoms with E-state index in [9.17, 15) is 23.1 Å². The molecule has 0 aliphatic carbocycles. The molecule has 0 aromatic heterocycles. The molecule has 0 spiro atoms. The lowest BCUT2D eigenvalue weighted by Gasteiger charge is -2.10. The number of rotatable bonds is 4. The van der Waals surface area contributed by atoms with Gasteiger partial charge in [0.1, 0.15) is 5.75 Å². The van der Waals surface area contributed by atoms with Gasteiger partial charge in [0.2, 0.25) is 0 Å². The first-order valence-corrected chi connectivity index (χ1v) is 8.66. The summed E-state index contributed by atoms with van der Waals surface area (Å²) in [5, 5.41) is 21.3. The smallest absolute Gasteiger partial charge is 0.335 e. The van der Waals surface area contributed by atoms with Gasteiger partial charge in [-0.25, -0.2) is 13.2 Å². The number of benzene rings is 2. The molecule has 3 N–H and O–H groups in total. The summed E-state index contributed by atoms with van der Waals surface area (Å²) in [4.78, 5) is 23.1. The van der Waals surface area contributed by atoms with E-state index in [-0.39, 0.29) is 27.5 Å². The second-order valence-corrected chi connectivity index (χ2v) is 7.31. The number of nitrogens with one attached hydrogen (secondary N) is 1. The number of carboxylic acids is 1. The molecule has 7 nitrogen and oxygen atoms in total. The third-order valence-corrected chi connectivity index (χ3v) is 4.33. The molecule has 0 unspecified atom stereocenters. The number of aromatic carboxylic acids is 1. The van der Waals surface area contributed by atoms with Gasteiger partial charge in [0.25, 0.3) is 5.91 Å². The number of phenols is 1. The number of amides is 1. The Hall–Kier alpha value is -2.87. The molecule has 0 aliphatic heterocycles. The third-order valence-electron chi connectivity index (χ3n) is 3.24. The first-order chi connectivity index (χ1) is 11.1. The lowest BCUT2D eigenvalue weighted by atomic mass is 10.1. The van der Waals surface area contributed by atoms with Crippen LogP contribution < -0.4 is 5.32 Å². The molecule has 0 bridgehead atoms. The quantitative estimate of drug-likeness (QED) is 0.777. The third kappa shape index (κ3) is 3.90. The number of hydrogen-bond donors (Lipinski definition) is 3. The van der Waals surface area contributed by atoms with Crippen LogP contribution in [0.25, 0.3) is 0 Å². The van der Waals surface area contributed by atoms with Crippen LogP contribution >= 0.6 is 0 Å². The number of carbonyl (C=O) groups excluding carboxylic acids is 1. The molecule has 0 fully saturated rings. The van der Waals surface area contributed by atoms with E-state index in [1.807, 2.05) is 0 Å². The van der Waals surface area contributed by atoms with Gasteiger partial charge in [0.15, 0.2) is 9.84 Å². The van der Waals surface area contributed by atoms with Crippen LogP contribution in [-0.4, -0.2) is 36.8 Å². The van der Waals surface area contributed by atoms with Crippen LogP contribution in [0, 0.1) is 6.92 Å². The molecule has 126 valence electrons. The molecule has 2 aromatic carbocycles. The van der Waals surface area contributed by atoms with E-state index in [0.717, 1.165) is 30.0 Å². The summed E-state index contributed by atoms with van der Waals surface area (Å²) < 4.78 is 23.3. The predicted molar refractivity (Wildman–Crippen MR) is 87.3 cm³/mol. The molecule has 0 saturated carbocycles. The number of anilines is 1. The Bertz CT molecular complexity index is 934. The Labute approximate surface area is 138 Å². The molecule has 8 heteroatoms. The van der Waals surface area contributed by atoms with Gasteiger partial charge < -0.3 is 15.5 Å². The van der Waals surface area contributed by atoms with Gasteiger partial charge in [-0.2, -0.15) is 0 Å². The molecular formula is C16H15NO6S. The minimum Gasteiger partial charge on any atom is -0.507 e. The van der Waals surface area contributed by atoms with Crippen LogP contribution in [0.4, 0.5) is 5.69 Å². The molecule has 2 rings (SSSR count). The van der Waals surface area contributed by atoms with Gasteiger partial charge in [0.05, 0.1) is 16.0 Å².